The molecule has 0 unspecified atom stereocenters. The summed E-state index contributed by atoms with van der Waals surface area (Å²) in [6.07, 6.45) is 1.78. The maximum Gasteiger partial charge on any atom is 0.488 e. The number of hydrogen-bond donors (Lipinski definition) is 2. The van der Waals surface area contributed by atoms with Crippen LogP contribution in [0.15, 0.2) is 79.4 Å². The van der Waals surface area contributed by atoms with Crippen LogP contribution in [0.25, 0.3) is 6.08 Å². The predicted molar refractivity (Wildman–Crippen MR) is 109 cm³/mol. The normalized spacial score (nSPS) is 10.2. The Kier molecular flexibility index (Phi) is 6.27. The van der Waals surface area contributed by atoms with E-state index in [1.807, 2.05) is 24.3 Å². The van der Waals surface area contributed by atoms with Gasteiger partial charge < -0.3 is 19.5 Å². The highest BCUT2D eigenvalue weighted by atomic mass is 16.5. The molecule has 0 spiro atoms. The summed E-state index contributed by atoms with van der Waals surface area (Å²) >= 11 is 0. The van der Waals surface area contributed by atoms with E-state index in [4.69, 9.17) is 19.5 Å². The number of esters is 1. The Balaban J connectivity index is 1.56. The van der Waals surface area contributed by atoms with Crippen LogP contribution < -0.4 is 14.9 Å². The van der Waals surface area contributed by atoms with E-state index in [2.05, 4.69) is 6.58 Å². The largest absolute Gasteiger partial charge is 0.489 e. The summed E-state index contributed by atoms with van der Waals surface area (Å²) in [5.41, 5.74) is 2.79. The van der Waals surface area contributed by atoms with Gasteiger partial charge in [-0.1, -0.05) is 49.1 Å². The molecule has 0 fully saturated rings. The standard InChI is InChI=1S/C22H19BO5/c1-2-16-3-5-17(6-4-16)15-27-20-11-7-18(8-12-20)22(24)28-21-13-9-19(10-14-21)23(25)26/h2-14,25-26H,1,15H2. The Bertz CT molecular complexity index is 932. The molecule has 0 saturated heterocycles. The SMILES string of the molecule is C=Cc1ccc(COc2ccc(C(=O)Oc3ccc(B(O)O)cc3)cc2)cc1. The second-order valence-electron chi connectivity index (χ2n) is 6.09. The highest BCUT2D eigenvalue weighted by molar-refractivity contribution is 6.58. The van der Waals surface area contributed by atoms with E-state index in [9.17, 15) is 4.79 Å². The summed E-state index contributed by atoms with van der Waals surface area (Å²) in [4.78, 5) is 12.2. The third-order valence-electron chi connectivity index (χ3n) is 4.10. The van der Waals surface area contributed by atoms with E-state index in [1.54, 1.807) is 30.3 Å². The van der Waals surface area contributed by atoms with Crippen LogP contribution in [0, 0.1) is 0 Å². The third-order valence-corrected chi connectivity index (χ3v) is 4.10. The van der Waals surface area contributed by atoms with Gasteiger partial charge in [0.15, 0.2) is 0 Å². The van der Waals surface area contributed by atoms with E-state index in [-0.39, 0.29) is 0 Å². The predicted octanol–water partition coefficient (Wildman–Crippen LogP) is 2.81. The average Bonchev–Trinajstić information content (AvgIpc) is 2.73. The van der Waals surface area contributed by atoms with Crippen LogP contribution >= 0.6 is 0 Å². The molecular formula is C22H19BO5. The Morgan fingerprint density at radius 1 is 0.893 bits per heavy atom. The van der Waals surface area contributed by atoms with E-state index in [0.717, 1.165) is 11.1 Å². The molecule has 3 aromatic carbocycles. The van der Waals surface area contributed by atoms with Crippen LogP contribution in [0.4, 0.5) is 0 Å². The average molecular weight is 374 g/mol. The number of ether oxygens (including phenoxy) is 2. The molecule has 0 heterocycles. The van der Waals surface area contributed by atoms with Crippen molar-refractivity contribution in [2.45, 2.75) is 6.61 Å². The minimum atomic E-state index is -1.56. The van der Waals surface area contributed by atoms with Gasteiger partial charge in [0.25, 0.3) is 0 Å². The zero-order chi connectivity index (χ0) is 19.9. The Labute approximate surface area is 163 Å². The second kappa shape index (κ2) is 9.04. The molecule has 2 N–H and O–H groups in total. The van der Waals surface area contributed by atoms with Crippen molar-refractivity contribution in [1.82, 2.24) is 0 Å². The van der Waals surface area contributed by atoms with Crippen molar-refractivity contribution in [2.75, 3.05) is 0 Å². The van der Waals surface area contributed by atoms with Crippen LogP contribution in [0.1, 0.15) is 21.5 Å². The van der Waals surface area contributed by atoms with Crippen molar-refractivity contribution in [1.29, 1.82) is 0 Å². The van der Waals surface area contributed by atoms with Crippen molar-refractivity contribution >= 4 is 24.6 Å². The second-order valence-corrected chi connectivity index (χ2v) is 6.09. The fraction of sp³-hybridized carbons (Fsp3) is 0.0455. The van der Waals surface area contributed by atoms with Gasteiger partial charge in [-0.05, 0) is 53.0 Å². The number of carbonyl (C=O) groups is 1. The minimum absolute atomic E-state index is 0.317. The van der Waals surface area contributed by atoms with Gasteiger partial charge in [0, 0.05) is 0 Å². The molecule has 3 rings (SSSR count). The molecule has 5 nitrogen and oxygen atoms in total. The number of carbonyl (C=O) groups excluding carboxylic acids is 1. The Morgan fingerprint density at radius 2 is 1.50 bits per heavy atom. The van der Waals surface area contributed by atoms with Gasteiger partial charge in [-0.25, -0.2) is 4.79 Å². The van der Waals surface area contributed by atoms with Gasteiger partial charge in [-0.3, -0.25) is 0 Å². The lowest BCUT2D eigenvalue weighted by Gasteiger charge is -2.08. The summed E-state index contributed by atoms with van der Waals surface area (Å²) in [7, 11) is -1.56. The first-order valence-electron chi connectivity index (χ1n) is 8.67. The maximum atomic E-state index is 12.2. The lowest BCUT2D eigenvalue weighted by Crippen LogP contribution is -2.29. The number of rotatable bonds is 7. The van der Waals surface area contributed by atoms with Crippen LogP contribution in [0.2, 0.25) is 0 Å². The third kappa shape index (κ3) is 5.10. The first-order chi connectivity index (χ1) is 13.5. The van der Waals surface area contributed by atoms with Crippen LogP contribution in [-0.4, -0.2) is 23.1 Å². The topological polar surface area (TPSA) is 76.0 Å². The molecule has 0 aliphatic heterocycles. The van der Waals surface area contributed by atoms with Crippen LogP contribution in [-0.2, 0) is 6.61 Å². The summed E-state index contributed by atoms with van der Waals surface area (Å²) < 4.78 is 11.0. The monoisotopic (exact) mass is 374 g/mol. The van der Waals surface area contributed by atoms with Crippen molar-refractivity contribution < 1.29 is 24.3 Å². The van der Waals surface area contributed by atoms with Gasteiger partial charge in [-0.15, -0.1) is 0 Å². The molecule has 0 radical (unpaired) electrons. The fourth-order valence-electron chi connectivity index (χ4n) is 2.48. The molecule has 0 aliphatic rings. The molecule has 0 saturated carbocycles. The van der Waals surface area contributed by atoms with E-state index in [1.165, 1.54) is 24.3 Å². The zero-order valence-corrected chi connectivity index (χ0v) is 15.1. The first-order valence-corrected chi connectivity index (χ1v) is 8.67. The quantitative estimate of drug-likeness (QED) is 0.378. The minimum Gasteiger partial charge on any atom is -0.489 e. The molecule has 140 valence electrons. The summed E-state index contributed by atoms with van der Waals surface area (Å²) in [6.45, 7) is 4.15. The van der Waals surface area contributed by atoms with Gasteiger partial charge in [-0.2, -0.15) is 0 Å². The molecule has 0 atom stereocenters. The lowest BCUT2D eigenvalue weighted by atomic mass is 9.80. The summed E-state index contributed by atoms with van der Waals surface area (Å²) in [6, 6.07) is 20.5. The molecular weight excluding hydrogens is 355 g/mol. The number of hydrogen-bond acceptors (Lipinski definition) is 5. The molecule has 0 aliphatic carbocycles. The Hall–Kier alpha value is -3.35. The molecule has 6 heteroatoms. The van der Waals surface area contributed by atoms with Crippen molar-refractivity contribution in [3.8, 4) is 11.5 Å². The van der Waals surface area contributed by atoms with Gasteiger partial charge in [0.05, 0.1) is 5.56 Å². The zero-order valence-electron chi connectivity index (χ0n) is 15.1. The van der Waals surface area contributed by atoms with Gasteiger partial charge in [0.2, 0.25) is 0 Å². The fourth-order valence-corrected chi connectivity index (χ4v) is 2.48. The van der Waals surface area contributed by atoms with Crippen LogP contribution in [0.5, 0.6) is 11.5 Å². The molecule has 0 aromatic heterocycles. The molecule has 3 aromatic rings. The molecule has 28 heavy (non-hydrogen) atoms. The number of benzene rings is 3. The highest BCUT2D eigenvalue weighted by Gasteiger charge is 2.12. The summed E-state index contributed by atoms with van der Waals surface area (Å²) in [5.74, 6) is 0.451. The van der Waals surface area contributed by atoms with Gasteiger partial charge >= 0.3 is 13.1 Å². The smallest absolute Gasteiger partial charge is 0.488 e. The first kappa shape index (κ1) is 19.4. The Morgan fingerprint density at radius 3 is 2.07 bits per heavy atom. The van der Waals surface area contributed by atoms with E-state index >= 15 is 0 Å². The molecule has 0 amide bonds. The van der Waals surface area contributed by atoms with Crippen molar-refractivity contribution in [3.63, 3.8) is 0 Å². The van der Waals surface area contributed by atoms with E-state index in [0.29, 0.717) is 29.1 Å². The van der Waals surface area contributed by atoms with Gasteiger partial charge in [0.1, 0.15) is 18.1 Å². The maximum absolute atomic E-state index is 12.2. The lowest BCUT2D eigenvalue weighted by molar-refractivity contribution is 0.0734. The van der Waals surface area contributed by atoms with Crippen LogP contribution in [0.3, 0.4) is 0 Å². The van der Waals surface area contributed by atoms with Crippen molar-refractivity contribution in [3.05, 3.63) is 96.1 Å². The highest BCUT2D eigenvalue weighted by Crippen LogP contribution is 2.17. The van der Waals surface area contributed by atoms with Crippen molar-refractivity contribution in [2.24, 2.45) is 0 Å². The summed E-state index contributed by atoms with van der Waals surface area (Å²) in [5, 5.41) is 18.1. The van der Waals surface area contributed by atoms with E-state index < -0.39 is 13.1 Å². The molecule has 0 bridgehead atoms.